The molecule has 0 radical (unpaired) electrons. The molecule has 1 nitrogen and oxygen atoms in total. The average molecular weight is 201 g/mol. The molecule has 4 heteroatoms. The van der Waals surface area contributed by atoms with Crippen LogP contribution in [0.3, 0.4) is 0 Å². The van der Waals surface area contributed by atoms with Crippen LogP contribution in [0.5, 0.6) is 0 Å². The van der Waals surface area contributed by atoms with E-state index in [2.05, 4.69) is 5.32 Å². The molecule has 76 valence electrons. The molecule has 0 spiro atoms. The summed E-state index contributed by atoms with van der Waals surface area (Å²) in [4.78, 5) is 0. The van der Waals surface area contributed by atoms with E-state index in [1.54, 1.807) is 25.1 Å². The predicted molar refractivity (Wildman–Crippen MR) is 46.8 cm³/mol. The largest absolute Gasteiger partial charge is 0.412 e. The second-order valence-electron chi connectivity index (χ2n) is 3.54. The van der Waals surface area contributed by atoms with Crippen molar-refractivity contribution in [2.45, 2.75) is 24.7 Å². The van der Waals surface area contributed by atoms with Crippen LogP contribution in [0, 0.1) is 0 Å². The van der Waals surface area contributed by atoms with Gasteiger partial charge in [-0.3, -0.25) is 5.32 Å². The van der Waals surface area contributed by atoms with Crippen LogP contribution in [-0.4, -0.2) is 12.2 Å². The summed E-state index contributed by atoms with van der Waals surface area (Å²) < 4.78 is 38.3. The highest BCUT2D eigenvalue weighted by Crippen LogP contribution is 2.50. The molecule has 2 rings (SSSR count). The first-order chi connectivity index (χ1) is 6.48. The molecule has 14 heavy (non-hydrogen) atoms. The Labute approximate surface area is 79.9 Å². The van der Waals surface area contributed by atoms with Crippen molar-refractivity contribution < 1.29 is 13.2 Å². The van der Waals surface area contributed by atoms with Crippen LogP contribution in [0.25, 0.3) is 0 Å². The number of halogens is 3. The minimum Gasteiger partial charge on any atom is -0.294 e. The lowest BCUT2D eigenvalue weighted by atomic mass is 9.95. The van der Waals surface area contributed by atoms with Crippen molar-refractivity contribution in [3.05, 3.63) is 35.9 Å². The van der Waals surface area contributed by atoms with Crippen LogP contribution in [-0.2, 0) is 5.54 Å². The molecule has 1 aliphatic heterocycles. The van der Waals surface area contributed by atoms with E-state index >= 15 is 0 Å². The third-order valence-corrected chi connectivity index (χ3v) is 2.69. The molecule has 0 bridgehead atoms. The van der Waals surface area contributed by atoms with Crippen LogP contribution in [0.4, 0.5) is 13.2 Å². The van der Waals surface area contributed by atoms with Gasteiger partial charge in [0.05, 0.1) is 0 Å². The van der Waals surface area contributed by atoms with E-state index in [9.17, 15) is 13.2 Å². The topological polar surface area (TPSA) is 21.9 Å². The van der Waals surface area contributed by atoms with Crippen molar-refractivity contribution in [3.63, 3.8) is 0 Å². The van der Waals surface area contributed by atoms with Gasteiger partial charge in [0.25, 0.3) is 0 Å². The Morgan fingerprint density at radius 2 is 1.71 bits per heavy atom. The lowest BCUT2D eigenvalue weighted by Gasteiger charge is -2.18. The van der Waals surface area contributed by atoms with E-state index in [1.807, 2.05) is 0 Å². The van der Waals surface area contributed by atoms with E-state index in [1.165, 1.54) is 12.1 Å². The molecular weight excluding hydrogens is 191 g/mol. The zero-order valence-corrected chi connectivity index (χ0v) is 7.60. The lowest BCUT2D eigenvalue weighted by Crippen LogP contribution is -2.34. The predicted octanol–water partition coefficient (Wildman–Crippen LogP) is 2.44. The summed E-state index contributed by atoms with van der Waals surface area (Å²) in [5.41, 5.74) is -1.52. The van der Waals surface area contributed by atoms with Gasteiger partial charge in [0.2, 0.25) is 0 Å². The van der Waals surface area contributed by atoms with Gasteiger partial charge in [0, 0.05) is 6.04 Å². The molecule has 1 N–H and O–H groups in total. The summed E-state index contributed by atoms with van der Waals surface area (Å²) in [7, 11) is 0. The fraction of sp³-hybridized carbons (Fsp3) is 0.400. The first kappa shape index (κ1) is 9.52. The Hall–Kier alpha value is -1.03. The minimum atomic E-state index is -4.23. The molecule has 1 fully saturated rings. The third kappa shape index (κ3) is 1.14. The monoisotopic (exact) mass is 201 g/mol. The maximum atomic E-state index is 12.8. The lowest BCUT2D eigenvalue weighted by molar-refractivity contribution is -0.164. The summed E-state index contributed by atoms with van der Waals surface area (Å²) in [6, 6.07) is 7.42. The molecule has 1 aromatic carbocycles. The highest BCUT2D eigenvalue weighted by molar-refractivity contribution is 5.36. The zero-order chi connectivity index (χ0) is 10.4. The average Bonchev–Trinajstić information content (AvgIpc) is 2.79. The standard InChI is InChI=1S/C10H10F3N/c1-7-9(14-7,10(11,12)13)8-5-3-2-4-6-8/h2-7,14H,1H3/t7-,9-/m0/s1. The second kappa shape index (κ2) is 2.73. The SMILES string of the molecule is C[C@@H]1N[C@@]1(c1ccccc1)C(F)(F)F. The van der Waals surface area contributed by atoms with Gasteiger partial charge in [-0.15, -0.1) is 0 Å². The Morgan fingerprint density at radius 3 is 2.07 bits per heavy atom. The number of nitrogens with one attached hydrogen (secondary N) is 1. The van der Waals surface area contributed by atoms with Crippen molar-refractivity contribution in [3.8, 4) is 0 Å². The van der Waals surface area contributed by atoms with Gasteiger partial charge in [0.15, 0.2) is 5.54 Å². The molecule has 0 aromatic heterocycles. The van der Waals surface area contributed by atoms with Crippen molar-refractivity contribution in [2.75, 3.05) is 0 Å². The van der Waals surface area contributed by atoms with Crippen LogP contribution >= 0.6 is 0 Å². The molecule has 0 saturated carbocycles. The number of hydrogen-bond acceptors (Lipinski definition) is 1. The van der Waals surface area contributed by atoms with E-state index < -0.39 is 17.8 Å². The van der Waals surface area contributed by atoms with Crippen LogP contribution in [0.15, 0.2) is 30.3 Å². The van der Waals surface area contributed by atoms with Crippen LogP contribution in [0.1, 0.15) is 12.5 Å². The Bertz CT molecular complexity index is 333. The summed E-state index contributed by atoms with van der Waals surface area (Å²) in [6.07, 6.45) is -4.23. The maximum absolute atomic E-state index is 12.8. The molecule has 1 aromatic rings. The van der Waals surface area contributed by atoms with Gasteiger partial charge in [-0.2, -0.15) is 13.2 Å². The third-order valence-electron chi connectivity index (χ3n) is 2.69. The fourth-order valence-electron chi connectivity index (χ4n) is 1.83. The number of benzene rings is 1. The highest BCUT2D eigenvalue weighted by atomic mass is 19.4. The molecule has 0 aliphatic carbocycles. The molecule has 1 saturated heterocycles. The highest BCUT2D eigenvalue weighted by Gasteiger charge is 2.69. The Morgan fingerprint density at radius 1 is 1.21 bits per heavy atom. The van der Waals surface area contributed by atoms with Crippen molar-refractivity contribution >= 4 is 0 Å². The van der Waals surface area contributed by atoms with E-state index in [0.29, 0.717) is 5.56 Å². The van der Waals surface area contributed by atoms with E-state index in [0.717, 1.165) is 0 Å². The second-order valence-corrected chi connectivity index (χ2v) is 3.54. The van der Waals surface area contributed by atoms with E-state index in [4.69, 9.17) is 0 Å². The van der Waals surface area contributed by atoms with Gasteiger partial charge in [0.1, 0.15) is 0 Å². The van der Waals surface area contributed by atoms with Gasteiger partial charge in [-0.1, -0.05) is 30.3 Å². The fourth-order valence-corrected chi connectivity index (χ4v) is 1.83. The first-order valence-corrected chi connectivity index (χ1v) is 4.38. The molecule has 2 atom stereocenters. The Balaban J connectivity index is 2.42. The summed E-state index contributed by atoms with van der Waals surface area (Å²) >= 11 is 0. The van der Waals surface area contributed by atoms with Gasteiger partial charge in [-0.25, -0.2) is 0 Å². The number of hydrogen-bond donors (Lipinski definition) is 1. The zero-order valence-electron chi connectivity index (χ0n) is 7.60. The van der Waals surface area contributed by atoms with Crippen molar-refractivity contribution in [1.82, 2.24) is 5.32 Å². The Kier molecular flexibility index (Phi) is 1.86. The van der Waals surface area contributed by atoms with Gasteiger partial charge < -0.3 is 0 Å². The number of alkyl halides is 3. The summed E-state index contributed by atoms with van der Waals surface area (Å²) in [5, 5.41) is 2.48. The quantitative estimate of drug-likeness (QED) is 0.692. The number of rotatable bonds is 1. The van der Waals surface area contributed by atoms with Crippen molar-refractivity contribution in [1.29, 1.82) is 0 Å². The first-order valence-electron chi connectivity index (χ1n) is 4.38. The normalized spacial score (nSPS) is 31.6. The summed E-state index contributed by atoms with van der Waals surface area (Å²) in [6.45, 7) is 1.54. The molecule has 1 heterocycles. The van der Waals surface area contributed by atoms with Crippen molar-refractivity contribution in [2.24, 2.45) is 0 Å². The van der Waals surface area contributed by atoms with Gasteiger partial charge in [-0.05, 0) is 12.5 Å². The maximum Gasteiger partial charge on any atom is 0.412 e. The molecule has 1 aliphatic rings. The van der Waals surface area contributed by atoms with E-state index in [-0.39, 0.29) is 0 Å². The molecule has 0 unspecified atom stereocenters. The minimum absolute atomic E-state index is 0.292. The summed E-state index contributed by atoms with van der Waals surface area (Å²) in [5.74, 6) is 0. The molecular formula is C10H10F3N. The van der Waals surface area contributed by atoms with Gasteiger partial charge >= 0.3 is 6.18 Å². The van der Waals surface area contributed by atoms with Crippen LogP contribution < -0.4 is 5.32 Å². The smallest absolute Gasteiger partial charge is 0.294 e. The van der Waals surface area contributed by atoms with Crippen LogP contribution in [0.2, 0.25) is 0 Å². The molecule has 0 amide bonds.